The number of piperidine rings is 1. The van der Waals surface area contributed by atoms with Crippen LogP contribution in [0.25, 0.3) is 16.9 Å². The van der Waals surface area contributed by atoms with Crippen LogP contribution < -0.4 is 36.1 Å². The van der Waals surface area contributed by atoms with Gasteiger partial charge in [-0.2, -0.15) is 5.10 Å². The van der Waals surface area contributed by atoms with Crippen LogP contribution in [0, 0.1) is 11.8 Å². The van der Waals surface area contributed by atoms with Gasteiger partial charge < -0.3 is 30.7 Å². The average Bonchev–Trinajstić information content (AvgIpc) is 3.71. The van der Waals surface area contributed by atoms with Gasteiger partial charge in [-0.1, -0.05) is 38.1 Å². The number of piperazine rings is 1. The lowest BCUT2D eigenvalue weighted by atomic mass is 9.78. The van der Waals surface area contributed by atoms with E-state index < -0.39 is 12.0 Å². The number of aromatic nitrogens is 4. The molecule has 1 unspecified atom stereocenters. The highest BCUT2D eigenvalue weighted by Gasteiger charge is 2.37. The van der Waals surface area contributed by atoms with Gasteiger partial charge in [0.1, 0.15) is 35.9 Å². The van der Waals surface area contributed by atoms with Crippen LogP contribution in [0.4, 0.5) is 17.2 Å². The lowest BCUT2D eigenvalue weighted by Gasteiger charge is -2.40. The summed E-state index contributed by atoms with van der Waals surface area (Å²) in [5.41, 5.74) is 16.5. The minimum atomic E-state index is -0.778. The van der Waals surface area contributed by atoms with Gasteiger partial charge in [0.25, 0.3) is 0 Å². The molecule has 5 heterocycles. The number of imide groups is 1. The molecular formula is C42H50N10O6. The summed E-state index contributed by atoms with van der Waals surface area (Å²) in [5.74, 6) is 1.07. The van der Waals surface area contributed by atoms with E-state index in [2.05, 4.69) is 42.5 Å². The molecule has 0 radical (unpaired) electrons. The first-order chi connectivity index (χ1) is 28.0. The molecule has 16 nitrogen and oxygen atoms in total. The number of amides is 3. The topological polar surface area (TPSA) is 204 Å². The third-order valence-electron chi connectivity index (χ3n) is 11.9. The highest BCUT2D eigenvalue weighted by Crippen LogP contribution is 2.45. The monoisotopic (exact) mass is 790 g/mol. The van der Waals surface area contributed by atoms with Crippen LogP contribution in [-0.2, 0) is 19.2 Å². The maximum atomic E-state index is 13.6. The predicted molar refractivity (Wildman–Crippen MR) is 216 cm³/mol. The number of nitrogen functional groups attached to an aromatic ring is 1. The summed E-state index contributed by atoms with van der Waals surface area (Å²) in [6.07, 6.45) is 8.40. The normalized spacial score (nSPS) is 22.0. The number of esters is 1. The lowest BCUT2D eigenvalue weighted by molar-refractivity contribution is -0.137. The van der Waals surface area contributed by atoms with E-state index >= 15 is 0 Å². The van der Waals surface area contributed by atoms with Gasteiger partial charge in [0, 0.05) is 31.6 Å². The highest BCUT2D eigenvalue weighted by atomic mass is 16.5. The minimum absolute atomic E-state index is 0.00461. The van der Waals surface area contributed by atoms with Crippen LogP contribution in [0.1, 0.15) is 63.9 Å². The number of carbonyl (C=O) groups excluding carboxylic acids is 4. The number of para-hydroxylation sites is 2. The quantitative estimate of drug-likeness (QED) is 0.120. The summed E-state index contributed by atoms with van der Waals surface area (Å²) in [6, 6.07) is 13.8. The van der Waals surface area contributed by atoms with Crippen molar-refractivity contribution >= 4 is 40.9 Å². The Morgan fingerprint density at radius 1 is 0.983 bits per heavy atom. The number of nitrogens with one attached hydrogen (secondary N) is 1. The summed E-state index contributed by atoms with van der Waals surface area (Å²) in [7, 11) is 0. The van der Waals surface area contributed by atoms with Crippen molar-refractivity contribution in [1.82, 2.24) is 30.2 Å². The van der Waals surface area contributed by atoms with Crippen LogP contribution >= 0.6 is 0 Å². The maximum Gasteiger partial charge on any atom is 0.328 e. The van der Waals surface area contributed by atoms with Crippen molar-refractivity contribution in [3.8, 4) is 28.4 Å². The first-order valence-electron chi connectivity index (χ1n) is 20.2. The molecule has 3 fully saturated rings. The Labute approximate surface area is 336 Å². The van der Waals surface area contributed by atoms with Crippen molar-refractivity contribution < 1.29 is 28.7 Å². The minimum Gasteiger partial charge on any atom is -0.489 e. The van der Waals surface area contributed by atoms with E-state index in [0.717, 1.165) is 50.2 Å². The van der Waals surface area contributed by atoms with E-state index in [1.807, 2.05) is 26.0 Å². The molecule has 4 aromatic rings. The molecule has 5 N–H and O–H groups in total. The molecule has 2 saturated heterocycles. The molecule has 4 aliphatic rings. The van der Waals surface area contributed by atoms with Crippen LogP contribution in [0.3, 0.4) is 0 Å². The van der Waals surface area contributed by atoms with Crippen molar-refractivity contribution in [2.45, 2.75) is 70.4 Å². The Kier molecular flexibility index (Phi) is 11.1. The van der Waals surface area contributed by atoms with Gasteiger partial charge >= 0.3 is 5.97 Å². The van der Waals surface area contributed by atoms with E-state index in [4.69, 9.17) is 20.9 Å². The molecule has 304 valence electrons. The van der Waals surface area contributed by atoms with Crippen molar-refractivity contribution in [2.75, 3.05) is 54.9 Å². The van der Waals surface area contributed by atoms with Crippen molar-refractivity contribution in [3.63, 3.8) is 0 Å². The fourth-order valence-electron chi connectivity index (χ4n) is 8.60. The van der Waals surface area contributed by atoms with E-state index in [-0.39, 0.29) is 35.5 Å². The third kappa shape index (κ3) is 7.98. The van der Waals surface area contributed by atoms with Crippen molar-refractivity contribution in [2.24, 2.45) is 17.6 Å². The van der Waals surface area contributed by atoms with Gasteiger partial charge in [-0.05, 0) is 79.7 Å². The highest BCUT2D eigenvalue weighted by molar-refractivity contribution is 6.02. The zero-order chi connectivity index (χ0) is 40.5. The molecule has 1 saturated carbocycles. The van der Waals surface area contributed by atoms with E-state index in [1.165, 1.54) is 5.56 Å². The molecule has 16 heteroatoms. The second-order valence-corrected chi connectivity index (χ2v) is 16.0. The maximum absolute atomic E-state index is 13.6. The van der Waals surface area contributed by atoms with Crippen LogP contribution in [0.5, 0.6) is 11.5 Å². The zero-order valence-electron chi connectivity index (χ0n) is 32.9. The number of benzene rings is 2. The third-order valence-corrected chi connectivity index (χ3v) is 11.9. The Hall–Kier alpha value is -5.87. The summed E-state index contributed by atoms with van der Waals surface area (Å²) < 4.78 is 13.5. The fraction of sp³-hybridized carbons (Fsp3) is 0.452. The molecule has 3 amide bonds. The van der Waals surface area contributed by atoms with E-state index in [1.54, 1.807) is 46.2 Å². The summed E-state index contributed by atoms with van der Waals surface area (Å²) in [4.78, 5) is 56.8. The van der Waals surface area contributed by atoms with Gasteiger partial charge in [-0.25, -0.2) is 9.48 Å². The first kappa shape index (κ1) is 39.0. The van der Waals surface area contributed by atoms with Crippen LogP contribution in [0.15, 0.2) is 60.9 Å². The van der Waals surface area contributed by atoms with Gasteiger partial charge in [0.05, 0.1) is 42.6 Å². The number of carbonyl (C=O) groups is 4. The predicted octanol–water partition coefficient (Wildman–Crippen LogP) is 3.43. The number of anilines is 3. The van der Waals surface area contributed by atoms with Crippen LogP contribution in [0.2, 0.25) is 0 Å². The zero-order valence-corrected chi connectivity index (χ0v) is 32.9. The van der Waals surface area contributed by atoms with Crippen LogP contribution in [-0.4, -0.2) is 100.0 Å². The Morgan fingerprint density at radius 3 is 2.57 bits per heavy atom. The average molecular weight is 791 g/mol. The van der Waals surface area contributed by atoms with E-state index in [0.29, 0.717) is 79.3 Å². The first-order valence-corrected chi connectivity index (χ1v) is 20.2. The number of hydrogen-bond donors (Lipinski definition) is 3. The second-order valence-electron chi connectivity index (χ2n) is 16.0. The molecule has 0 bridgehead atoms. The Bertz CT molecular complexity index is 2200. The summed E-state index contributed by atoms with van der Waals surface area (Å²) >= 11 is 0. The number of rotatable bonds is 10. The van der Waals surface area contributed by atoms with Gasteiger partial charge in [-0.3, -0.25) is 24.6 Å². The van der Waals surface area contributed by atoms with Crippen molar-refractivity contribution in [1.29, 1.82) is 0 Å². The Balaban J connectivity index is 0.873. The number of nitrogens with two attached hydrogens (primary N) is 2. The van der Waals surface area contributed by atoms with E-state index in [9.17, 15) is 19.2 Å². The molecule has 58 heavy (non-hydrogen) atoms. The number of ether oxygens (including phenoxy) is 2. The smallest absolute Gasteiger partial charge is 0.328 e. The van der Waals surface area contributed by atoms with Gasteiger partial charge in [0.15, 0.2) is 5.82 Å². The fourth-order valence-corrected chi connectivity index (χ4v) is 8.60. The van der Waals surface area contributed by atoms with Crippen molar-refractivity contribution in [3.05, 3.63) is 66.5 Å². The summed E-state index contributed by atoms with van der Waals surface area (Å²) in [5, 5.41) is 15.5. The molecule has 1 aliphatic carbocycles. The molecule has 8 rings (SSSR count). The largest absolute Gasteiger partial charge is 0.489 e. The standard InChI is InChI=1S/C42H50N10O6/c1-25(2)38(43)42(56)58-35-9-4-3-6-30(35)31-20-34(40(44)48-47-31)52-23-28(21-45-52)50-17-16-49(24-37(50)54)22-26-10-12-27(13-11-26)29-7-5-8-32-39(29)57-19-18-51(32)33-14-15-36(53)46-41(33)55/h3-9,20-21,23,25-27,33,38H,10-19,22,24,43H2,1-2H3,(H2,44,48)(H,46,53,55)/t26?,27?,33?,38-/m0/s1. The number of hydrogen-bond acceptors (Lipinski definition) is 13. The molecule has 3 aliphatic heterocycles. The Morgan fingerprint density at radius 2 is 1.79 bits per heavy atom. The number of fused-ring (bicyclic) bond motifs is 1. The second kappa shape index (κ2) is 16.5. The van der Waals surface area contributed by atoms with Gasteiger partial charge in [0.2, 0.25) is 17.7 Å². The number of nitrogens with zero attached hydrogens (tertiary/aromatic N) is 7. The molecule has 2 aromatic carbocycles. The SMILES string of the molecule is CC(C)[C@H](N)C(=O)Oc1ccccc1-c1cc(-n2cc(N3CCN(CC4CCC(c5cccc6c5OCCN6C5CCC(=O)NC5=O)CC4)CC3=O)cn2)c(N)nn1. The lowest BCUT2D eigenvalue weighted by Crippen LogP contribution is -2.54. The molecule has 0 spiro atoms. The molecule has 2 atom stereocenters. The molecule has 2 aromatic heterocycles. The van der Waals surface area contributed by atoms with Gasteiger partial charge in [-0.15, -0.1) is 10.2 Å². The molecular weight excluding hydrogens is 741 g/mol. The summed E-state index contributed by atoms with van der Waals surface area (Å²) in [6.45, 7) is 7.26.